The third kappa shape index (κ3) is 4.20. The second-order valence-electron chi connectivity index (χ2n) is 8.47. The molecule has 2 aromatic heterocycles. The quantitative estimate of drug-likeness (QED) is 0.492. The Bertz CT molecular complexity index is 1310. The number of imidazole rings is 1. The average Bonchev–Trinajstić information content (AvgIpc) is 3.58. The van der Waals surface area contributed by atoms with Crippen LogP contribution >= 0.6 is 0 Å². The van der Waals surface area contributed by atoms with Gasteiger partial charge in [0.2, 0.25) is 5.91 Å². The van der Waals surface area contributed by atoms with Gasteiger partial charge in [-0.2, -0.15) is 5.26 Å². The maximum atomic E-state index is 13.3. The first-order valence-electron chi connectivity index (χ1n) is 11.1. The Labute approximate surface area is 191 Å². The lowest BCUT2D eigenvalue weighted by Crippen LogP contribution is -2.40. The molecule has 33 heavy (non-hydrogen) atoms. The van der Waals surface area contributed by atoms with E-state index >= 15 is 0 Å². The molecule has 0 unspecified atom stereocenters. The van der Waals surface area contributed by atoms with Crippen molar-refractivity contribution in [3.63, 3.8) is 0 Å². The van der Waals surface area contributed by atoms with Crippen LogP contribution in [0.3, 0.4) is 0 Å². The van der Waals surface area contributed by atoms with Crippen LogP contribution in [-0.4, -0.2) is 42.1 Å². The zero-order valence-corrected chi connectivity index (χ0v) is 18.4. The summed E-state index contributed by atoms with van der Waals surface area (Å²) in [6.07, 6.45) is 5.02. The standard InChI is InChI=1S/C24H24N8O/c1-31-21-11-10-19(13-20(21)26-23(31)12-16-6-8-17(15-25)9-7-16)32(18-4-2-3-5-18)24(33)14-22-27-29-30-28-22/h6-11,13,18H,2-5,12,14H2,1H3,(H,27,28,29,30). The van der Waals surface area contributed by atoms with Crippen molar-refractivity contribution in [2.45, 2.75) is 44.6 Å². The molecule has 2 heterocycles. The fourth-order valence-corrected chi connectivity index (χ4v) is 4.63. The fraction of sp³-hybridized carbons (Fsp3) is 0.333. The Kier molecular flexibility index (Phi) is 5.57. The molecule has 1 N–H and O–H groups in total. The molecule has 0 bridgehead atoms. The van der Waals surface area contributed by atoms with Gasteiger partial charge in [-0.3, -0.25) is 4.79 Å². The third-order valence-corrected chi connectivity index (χ3v) is 6.35. The lowest BCUT2D eigenvalue weighted by Gasteiger charge is -2.29. The highest BCUT2D eigenvalue weighted by molar-refractivity contribution is 5.97. The van der Waals surface area contributed by atoms with Crippen LogP contribution < -0.4 is 4.90 Å². The number of aromatic nitrogens is 6. The van der Waals surface area contributed by atoms with Crippen molar-refractivity contribution < 1.29 is 4.79 Å². The maximum absolute atomic E-state index is 13.3. The molecule has 0 radical (unpaired) electrons. The summed E-state index contributed by atoms with van der Waals surface area (Å²) in [5.74, 6) is 1.37. The van der Waals surface area contributed by atoms with Gasteiger partial charge in [-0.05, 0) is 59.2 Å². The fourth-order valence-electron chi connectivity index (χ4n) is 4.63. The van der Waals surface area contributed by atoms with Crippen LogP contribution in [0.15, 0.2) is 42.5 Å². The third-order valence-electron chi connectivity index (χ3n) is 6.35. The molecular formula is C24H24N8O. The zero-order valence-electron chi connectivity index (χ0n) is 18.4. The summed E-state index contributed by atoms with van der Waals surface area (Å²) in [4.78, 5) is 20.0. The number of carbonyl (C=O) groups excluding carboxylic acids is 1. The number of tetrazole rings is 1. The summed E-state index contributed by atoms with van der Waals surface area (Å²) in [6.45, 7) is 0. The molecule has 0 spiro atoms. The van der Waals surface area contributed by atoms with Crippen LogP contribution in [0.2, 0.25) is 0 Å². The van der Waals surface area contributed by atoms with Crippen LogP contribution in [0.5, 0.6) is 0 Å². The Morgan fingerprint density at radius 1 is 1.21 bits per heavy atom. The van der Waals surface area contributed by atoms with Gasteiger partial charge in [0.1, 0.15) is 5.82 Å². The molecule has 9 heteroatoms. The molecular weight excluding hydrogens is 416 g/mol. The van der Waals surface area contributed by atoms with Gasteiger partial charge in [-0.25, -0.2) is 10.1 Å². The molecule has 1 saturated carbocycles. The molecule has 0 saturated heterocycles. The minimum Gasteiger partial charge on any atom is -0.331 e. The molecule has 9 nitrogen and oxygen atoms in total. The summed E-state index contributed by atoms with van der Waals surface area (Å²) in [5, 5.41) is 22.7. The first kappa shape index (κ1) is 20.8. The smallest absolute Gasteiger partial charge is 0.234 e. The van der Waals surface area contributed by atoms with Gasteiger partial charge in [-0.1, -0.05) is 25.0 Å². The monoisotopic (exact) mass is 440 g/mol. The maximum Gasteiger partial charge on any atom is 0.234 e. The number of nitrogens with one attached hydrogen (secondary N) is 1. The molecule has 1 amide bonds. The predicted octanol–water partition coefficient (Wildman–Crippen LogP) is 3.07. The van der Waals surface area contributed by atoms with E-state index in [9.17, 15) is 4.79 Å². The molecule has 1 aliphatic rings. The van der Waals surface area contributed by atoms with Gasteiger partial charge in [0.25, 0.3) is 0 Å². The number of anilines is 1. The number of fused-ring (bicyclic) bond motifs is 1. The number of aromatic amines is 1. The van der Waals surface area contributed by atoms with E-state index in [1.165, 1.54) is 0 Å². The summed E-state index contributed by atoms with van der Waals surface area (Å²) in [7, 11) is 2.00. The van der Waals surface area contributed by atoms with Crippen molar-refractivity contribution in [2.75, 3.05) is 4.90 Å². The second-order valence-corrected chi connectivity index (χ2v) is 8.47. The summed E-state index contributed by atoms with van der Waals surface area (Å²) in [6, 6.07) is 15.9. The van der Waals surface area contributed by atoms with Crippen molar-refractivity contribution in [2.24, 2.45) is 7.05 Å². The minimum atomic E-state index is -0.0199. The number of nitriles is 1. The highest BCUT2D eigenvalue weighted by Gasteiger charge is 2.29. The molecule has 2 aromatic carbocycles. The van der Waals surface area contributed by atoms with Crippen molar-refractivity contribution in [3.05, 3.63) is 65.2 Å². The van der Waals surface area contributed by atoms with Gasteiger partial charge in [-0.15, -0.1) is 5.10 Å². The van der Waals surface area contributed by atoms with Gasteiger partial charge < -0.3 is 9.47 Å². The first-order valence-corrected chi connectivity index (χ1v) is 11.1. The summed E-state index contributed by atoms with van der Waals surface area (Å²) < 4.78 is 2.08. The van der Waals surface area contributed by atoms with E-state index < -0.39 is 0 Å². The number of aryl methyl sites for hydroxylation is 1. The van der Waals surface area contributed by atoms with E-state index in [0.717, 1.165) is 53.8 Å². The summed E-state index contributed by atoms with van der Waals surface area (Å²) >= 11 is 0. The minimum absolute atomic E-state index is 0.0199. The molecule has 5 rings (SSSR count). The summed E-state index contributed by atoms with van der Waals surface area (Å²) in [5.41, 5.74) is 4.47. The largest absolute Gasteiger partial charge is 0.331 e. The molecule has 166 valence electrons. The molecule has 1 fully saturated rings. The highest BCUT2D eigenvalue weighted by atomic mass is 16.2. The van der Waals surface area contributed by atoms with Crippen LogP contribution in [0, 0.1) is 11.3 Å². The lowest BCUT2D eigenvalue weighted by molar-refractivity contribution is -0.118. The Morgan fingerprint density at radius 2 is 2.00 bits per heavy atom. The Hall–Kier alpha value is -4.06. The van der Waals surface area contributed by atoms with Crippen LogP contribution in [0.25, 0.3) is 11.0 Å². The number of hydrogen-bond acceptors (Lipinski definition) is 6. The van der Waals surface area contributed by atoms with Gasteiger partial charge in [0.05, 0.1) is 29.1 Å². The topological polar surface area (TPSA) is 116 Å². The normalized spacial score (nSPS) is 13.9. The van der Waals surface area contributed by atoms with Crippen LogP contribution in [0.1, 0.15) is 48.5 Å². The van der Waals surface area contributed by atoms with Gasteiger partial charge >= 0.3 is 0 Å². The van der Waals surface area contributed by atoms with E-state index in [2.05, 4.69) is 31.3 Å². The van der Waals surface area contributed by atoms with E-state index in [1.54, 1.807) is 0 Å². The molecule has 0 atom stereocenters. The Morgan fingerprint density at radius 3 is 2.70 bits per heavy atom. The first-order chi connectivity index (χ1) is 16.1. The molecule has 4 aromatic rings. The number of rotatable bonds is 6. The van der Waals surface area contributed by atoms with Crippen LogP contribution in [0.4, 0.5) is 5.69 Å². The van der Waals surface area contributed by atoms with E-state index in [-0.39, 0.29) is 18.4 Å². The zero-order chi connectivity index (χ0) is 22.8. The van der Waals surface area contributed by atoms with Crippen molar-refractivity contribution in [1.29, 1.82) is 5.26 Å². The molecule has 0 aliphatic heterocycles. The molecule has 1 aliphatic carbocycles. The number of benzene rings is 2. The number of H-pyrrole nitrogens is 1. The second kappa shape index (κ2) is 8.82. The SMILES string of the molecule is Cn1c(Cc2ccc(C#N)cc2)nc2cc(N(C(=O)Cc3nnn[nH]3)C3CCCC3)ccc21. The number of nitrogens with zero attached hydrogens (tertiary/aromatic N) is 7. The van der Waals surface area contributed by atoms with Crippen molar-refractivity contribution in [3.8, 4) is 6.07 Å². The highest BCUT2D eigenvalue weighted by Crippen LogP contribution is 2.31. The number of carbonyl (C=O) groups is 1. The van der Waals surface area contributed by atoms with E-state index in [1.807, 2.05) is 54.4 Å². The van der Waals surface area contributed by atoms with Crippen molar-refractivity contribution >= 4 is 22.6 Å². The number of amides is 1. The predicted molar refractivity (Wildman–Crippen MR) is 122 cm³/mol. The van der Waals surface area contributed by atoms with E-state index in [4.69, 9.17) is 10.2 Å². The van der Waals surface area contributed by atoms with Gasteiger partial charge in [0.15, 0.2) is 5.82 Å². The van der Waals surface area contributed by atoms with E-state index in [0.29, 0.717) is 17.8 Å². The Balaban J connectivity index is 1.46. The van der Waals surface area contributed by atoms with Crippen LogP contribution in [-0.2, 0) is 24.7 Å². The average molecular weight is 441 g/mol. The number of hydrogen-bond donors (Lipinski definition) is 1. The van der Waals surface area contributed by atoms with Gasteiger partial charge in [0, 0.05) is 25.2 Å². The van der Waals surface area contributed by atoms with Crippen molar-refractivity contribution in [1.82, 2.24) is 30.2 Å². The lowest BCUT2D eigenvalue weighted by atomic mass is 10.1.